The summed E-state index contributed by atoms with van der Waals surface area (Å²) < 4.78 is 14.1. The van der Waals surface area contributed by atoms with Crippen molar-refractivity contribution in [3.8, 4) is 0 Å². The molecule has 0 bridgehead atoms. The molecule has 6 heteroatoms. The molecule has 1 aliphatic heterocycles. The van der Waals surface area contributed by atoms with Crippen LogP contribution in [0.25, 0.3) is 6.08 Å². The number of benzene rings is 1. The maximum absolute atomic E-state index is 14.1. The molecule has 5 nitrogen and oxygen atoms in total. The van der Waals surface area contributed by atoms with Gasteiger partial charge in [-0.3, -0.25) is 14.6 Å². The van der Waals surface area contributed by atoms with Gasteiger partial charge in [-0.2, -0.15) is 0 Å². The summed E-state index contributed by atoms with van der Waals surface area (Å²) in [6.45, 7) is 2.55. The first kappa shape index (κ1) is 16.8. The molecule has 3 rings (SSSR count). The SMILES string of the molecule is Cc1cccnc1/C=C/C(=O)N1CCNC(=O)C1c1ccccc1F. The van der Waals surface area contributed by atoms with E-state index < -0.39 is 11.9 Å². The summed E-state index contributed by atoms with van der Waals surface area (Å²) in [5.74, 6) is -1.24. The van der Waals surface area contributed by atoms with Crippen LogP contribution in [0, 0.1) is 12.7 Å². The second-order valence-electron chi connectivity index (χ2n) is 5.79. The third-order valence-corrected chi connectivity index (χ3v) is 4.13. The van der Waals surface area contributed by atoms with Crippen LogP contribution in [-0.2, 0) is 9.59 Å². The number of aryl methyl sites for hydroxylation is 1. The lowest BCUT2D eigenvalue weighted by atomic mass is 10.0. The summed E-state index contributed by atoms with van der Waals surface area (Å²) in [6.07, 6.45) is 4.64. The average Bonchev–Trinajstić information content (AvgIpc) is 2.61. The summed E-state index contributed by atoms with van der Waals surface area (Å²) in [7, 11) is 0. The smallest absolute Gasteiger partial charge is 0.247 e. The molecule has 1 N–H and O–H groups in total. The number of amides is 2. The molecule has 25 heavy (non-hydrogen) atoms. The van der Waals surface area contributed by atoms with Crippen LogP contribution in [-0.4, -0.2) is 34.8 Å². The van der Waals surface area contributed by atoms with E-state index in [1.54, 1.807) is 24.4 Å². The van der Waals surface area contributed by atoms with Gasteiger partial charge in [0.05, 0.1) is 5.69 Å². The van der Waals surface area contributed by atoms with E-state index in [0.29, 0.717) is 18.8 Å². The van der Waals surface area contributed by atoms with Gasteiger partial charge in [-0.25, -0.2) is 4.39 Å². The topological polar surface area (TPSA) is 62.3 Å². The molecule has 1 unspecified atom stereocenters. The highest BCUT2D eigenvalue weighted by atomic mass is 19.1. The van der Waals surface area contributed by atoms with Gasteiger partial charge in [-0.05, 0) is 30.7 Å². The first-order valence-electron chi connectivity index (χ1n) is 8.00. The number of nitrogens with one attached hydrogen (secondary N) is 1. The summed E-state index contributed by atoms with van der Waals surface area (Å²) in [6, 6.07) is 8.75. The van der Waals surface area contributed by atoms with Gasteiger partial charge in [-0.15, -0.1) is 0 Å². The quantitative estimate of drug-likeness (QED) is 0.873. The monoisotopic (exact) mass is 339 g/mol. The Hall–Kier alpha value is -3.02. The summed E-state index contributed by atoms with van der Waals surface area (Å²) in [4.78, 5) is 30.5. The predicted octanol–water partition coefficient (Wildman–Crippen LogP) is 2.24. The Balaban J connectivity index is 1.88. The number of pyridine rings is 1. The number of halogens is 1. The first-order valence-corrected chi connectivity index (χ1v) is 8.00. The Labute approximate surface area is 145 Å². The van der Waals surface area contributed by atoms with Crippen LogP contribution in [0.4, 0.5) is 4.39 Å². The number of hydrogen-bond acceptors (Lipinski definition) is 3. The molecule has 0 spiro atoms. The maximum atomic E-state index is 14.1. The Kier molecular flexibility index (Phi) is 4.88. The Morgan fingerprint density at radius 2 is 2.12 bits per heavy atom. The summed E-state index contributed by atoms with van der Waals surface area (Å²) in [5.41, 5.74) is 1.81. The summed E-state index contributed by atoms with van der Waals surface area (Å²) in [5, 5.41) is 2.69. The zero-order valence-corrected chi connectivity index (χ0v) is 13.8. The minimum absolute atomic E-state index is 0.190. The molecule has 0 saturated carbocycles. The van der Waals surface area contributed by atoms with E-state index in [4.69, 9.17) is 0 Å². The van der Waals surface area contributed by atoms with Crippen molar-refractivity contribution in [3.63, 3.8) is 0 Å². The van der Waals surface area contributed by atoms with Crippen LogP contribution in [0.3, 0.4) is 0 Å². The minimum atomic E-state index is -0.975. The van der Waals surface area contributed by atoms with E-state index in [9.17, 15) is 14.0 Å². The third-order valence-electron chi connectivity index (χ3n) is 4.13. The van der Waals surface area contributed by atoms with E-state index in [1.807, 2.05) is 19.1 Å². The molecule has 2 aromatic rings. The number of carbonyl (C=O) groups is 2. The molecule has 128 valence electrons. The van der Waals surface area contributed by atoms with Crippen molar-refractivity contribution in [1.29, 1.82) is 0 Å². The number of carbonyl (C=O) groups excluding carboxylic acids is 2. The van der Waals surface area contributed by atoms with Crippen LogP contribution >= 0.6 is 0 Å². The fraction of sp³-hybridized carbons (Fsp3) is 0.211. The molecular weight excluding hydrogens is 321 g/mol. The first-order chi connectivity index (χ1) is 12.1. The number of aromatic nitrogens is 1. The number of rotatable bonds is 3. The van der Waals surface area contributed by atoms with Gasteiger partial charge in [0.1, 0.15) is 11.9 Å². The molecule has 1 aliphatic rings. The average molecular weight is 339 g/mol. The van der Waals surface area contributed by atoms with E-state index in [1.165, 1.54) is 23.1 Å². The van der Waals surface area contributed by atoms with Crippen molar-refractivity contribution in [3.05, 3.63) is 71.3 Å². The van der Waals surface area contributed by atoms with E-state index in [-0.39, 0.29) is 17.4 Å². The highest BCUT2D eigenvalue weighted by molar-refractivity contribution is 5.96. The van der Waals surface area contributed by atoms with Gasteiger partial charge < -0.3 is 10.2 Å². The molecule has 0 radical (unpaired) electrons. The van der Waals surface area contributed by atoms with Crippen molar-refractivity contribution in [2.45, 2.75) is 13.0 Å². The molecule has 1 saturated heterocycles. The van der Waals surface area contributed by atoms with Crippen LogP contribution in [0.15, 0.2) is 48.7 Å². The molecule has 2 amide bonds. The van der Waals surface area contributed by atoms with Gasteiger partial charge in [0.25, 0.3) is 0 Å². The van der Waals surface area contributed by atoms with Crippen LogP contribution in [0.2, 0.25) is 0 Å². The molecule has 1 atom stereocenters. The zero-order valence-electron chi connectivity index (χ0n) is 13.8. The Morgan fingerprint density at radius 1 is 1.32 bits per heavy atom. The van der Waals surface area contributed by atoms with Crippen molar-refractivity contribution in [2.24, 2.45) is 0 Å². The van der Waals surface area contributed by atoms with E-state index >= 15 is 0 Å². The molecular formula is C19H18FN3O2. The van der Waals surface area contributed by atoms with Crippen molar-refractivity contribution in [1.82, 2.24) is 15.2 Å². The largest absolute Gasteiger partial charge is 0.352 e. The second-order valence-corrected chi connectivity index (χ2v) is 5.79. The molecule has 2 heterocycles. The number of piperazine rings is 1. The number of hydrogen-bond donors (Lipinski definition) is 1. The van der Waals surface area contributed by atoms with Crippen LogP contribution in [0.5, 0.6) is 0 Å². The fourth-order valence-electron chi connectivity index (χ4n) is 2.83. The second kappa shape index (κ2) is 7.25. The molecule has 1 fully saturated rings. The lowest BCUT2D eigenvalue weighted by molar-refractivity contribution is -0.140. The molecule has 1 aromatic heterocycles. The summed E-state index contributed by atoms with van der Waals surface area (Å²) >= 11 is 0. The number of nitrogens with zero attached hydrogens (tertiary/aromatic N) is 2. The molecule has 1 aromatic carbocycles. The van der Waals surface area contributed by atoms with Gasteiger partial charge in [-0.1, -0.05) is 24.3 Å². The van der Waals surface area contributed by atoms with Gasteiger partial charge in [0, 0.05) is 30.9 Å². The Bertz CT molecular complexity index is 835. The fourth-order valence-corrected chi connectivity index (χ4v) is 2.83. The van der Waals surface area contributed by atoms with Gasteiger partial charge >= 0.3 is 0 Å². The van der Waals surface area contributed by atoms with Crippen LogP contribution < -0.4 is 5.32 Å². The van der Waals surface area contributed by atoms with E-state index in [0.717, 1.165) is 5.56 Å². The van der Waals surface area contributed by atoms with Gasteiger partial charge in [0.2, 0.25) is 11.8 Å². The van der Waals surface area contributed by atoms with Crippen LogP contribution in [0.1, 0.15) is 22.9 Å². The predicted molar refractivity (Wildman–Crippen MR) is 91.9 cm³/mol. The highest BCUT2D eigenvalue weighted by Crippen LogP contribution is 2.26. The zero-order chi connectivity index (χ0) is 17.8. The maximum Gasteiger partial charge on any atom is 0.247 e. The van der Waals surface area contributed by atoms with E-state index in [2.05, 4.69) is 10.3 Å². The van der Waals surface area contributed by atoms with Crippen molar-refractivity contribution < 1.29 is 14.0 Å². The minimum Gasteiger partial charge on any atom is -0.352 e. The normalized spacial score (nSPS) is 17.6. The van der Waals surface area contributed by atoms with Gasteiger partial charge in [0.15, 0.2) is 0 Å². The Morgan fingerprint density at radius 3 is 2.88 bits per heavy atom. The highest BCUT2D eigenvalue weighted by Gasteiger charge is 2.35. The third kappa shape index (κ3) is 3.57. The van der Waals surface area contributed by atoms with Crippen molar-refractivity contribution in [2.75, 3.05) is 13.1 Å². The lowest BCUT2D eigenvalue weighted by Gasteiger charge is -2.34. The standard InChI is InChI=1S/C19H18FN3O2/c1-13-5-4-10-21-16(13)8-9-17(24)23-12-11-22-19(25)18(23)14-6-2-3-7-15(14)20/h2-10,18H,11-12H2,1H3,(H,22,25)/b9-8+. The molecule has 0 aliphatic carbocycles. The van der Waals surface area contributed by atoms with Crippen molar-refractivity contribution >= 4 is 17.9 Å². The lowest BCUT2D eigenvalue weighted by Crippen LogP contribution is -2.52.